The second kappa shape index (κ2) is 16.9. The van der Waals surface area contributed by atoms with Crippen molar-refractivity contribution < 1.29 is 23.6 Å². The number of nitrogens with zero attached hydrogens (tertiary/aromatic N) is 2. The number of hydrogen-bond donors (Lipinski definition) is 1. The predicted octanol–water partition coefficient (Wildman–Crippen LogP) is 3.93. The minimum absolute atomic E-state index is 0.0763. The minimum Gasteiger partial charge on any atom is -0.370 e. The number of amides is 1. The van der Waals surface area contributed by atoms with Crippen LogP contribution < -0.4 is 5.32 Å². The minimum atomic E-state index is -0.368. The monoisotopic (exact) mass is 520 g/mol. The summed E-state index contributed by atoms with van der Waals surface area (Å²) in [5, 5.41) is 2.59. The van der Waals surface area contributed by atoms with Gasteiger partial charge in [0.15, 0.2) is 0 Å². The summed E-state index contributed by atoms with van der Waals surface area (Å²) < 4.78 is 6.65. The summed E-state index contributed by atoms with van der Waals surface area (Å²) in [6.07, 6.45) is 10.1. The lowest BCUT2D eigenvalue weighted by Crippen LogP contribution is -2.52. The van der Waals surface area contributed by atoms with Crippen molar-refractivity contribution in [2.75, 3.05) is 59.7 Å². The van der Waals surface area contributed by atoms with Crippen LogP contribution in [0.5, 0.6) is 0 Å². The highest BCUT2D eigenvalue weighted by Gasteiger charge is 2.24. The number of rotatable bonds is 18. The summed E-state index contributed by atoms with van der Waals surface area (Å²) in [5.41, 5.74) is 1.63. The van der Waals surface area contributed by atoms with E-state index in [-0.39, 0.29) is 11.9 Å². The van der Waals surface area contributed by atoms with Gasteiger partial charge in [0.25, 0.3) is 0 Å². The van der Waals surface area contributed by atoms with Crippen molar-refractivity contribution in [1.82, 2.24) is 10.2 Å². The molecule has 1 heterocycles. The zero-order valence-electron chi connectivity index (χ0n) is 22.5. The van der Waals surface area contributed by atoms with E-state index < -0.39 is 0 Å². The van der Waals surface area contributed by atoms with E-state index in [1.165, 1.54) is 38.6 Å². The molecule has 0 spiro atoms. The van der Waals surface area contributed by atoms with E-state index in [0.29, 0.717) is 24.9 Å². The fourth-order valence-electron chi connectivity index (χ4n) is 4.65. The van der Waals surface area contributed by atoms with Gasteiger partial charge in [-0.25, -0.2) is 0 Å². The Labute approximate surface area is 221 Å². The number of ether oxygens (including phenoxy) is 1. The molecule has 1 fully saturated rings. The Kier molecular flexibility index (Phi) is 14.3. The molecule has 7 nitrogen and oxygen atoms in total. The molecule has 1 aliphatic rings. The first-order chi connectivity index (χ1) is 17.4. The van der Waals surface area contributed by atoms with Gasteiger partial charge in [-0.2, -0.15) is 0 Å². The zero-order chi connectivity index (χ0) is 26.2. The van der Waals surface area contributed by atoms with E-state index in [0.717, 1.165) is 66.0 Å². The SMILES string of the molecule is CNC(=O)CCC(C=O)N(C)Cc1c(C=O)cccc1SCCCCCCCC[N+]1(C)CCOCC1. The van der Waals surface area contributed by atoms with Crippen LogP contribution in [-0.2, 0) is 20.9 Å². The molecule has 0 aliphatic carbocycles. The second-order valence-electron chi connectivity index (χ2n) is 10.1. The van der Waals surface area contributed by atoms with Gasteiger partial charge in [-0.05, 0) is 50.1 Å². The van der Waals surface area contributed by atoms with E-state index in [2.05, 4.69) is 18.4 Å². The van der Waals surface area contributed by atoms with Crippen molar-refractivity contribution in [3.05, 3.63) is 29.3 Å². The topological polar surface area (TPSA) is 75.7 Å². The number of aldehydes is 2. The molecule has 0 bridgehead atoms. The lowest BCUT2D eigenvalue weighted by atomic mass is 10.1. The molecule has 1 N–H and O–H groups in total. The molecule has 0 saturated carbocycles. The molecule has 1 saturated heterocycles. The van der Waals surface area contributed by atoms with Crippen molar-refractivity contribution in [2.45, 2.75) is 68.8 Å². The Bertz CT molecular complexity index is 814. The third-order valence-electron chi connectivity index (χ3n) is 7.27. The molecule has 202 valence electrons. The highest BCUT2D eigenvalue weighted by atomic mass is 32.2. The number of benzene rings is 1. The zero-order valence-corrected chi connectivity index (χ0v) is 23.3. The number of likely N-dealkylation sites (N-methyl/N-ethyl adjacent to an activating group) is 2. The van der Waals surface area contributed by atoms with E-state index in [4.69, 9.17) is 4.74 Å². The maximum absolute atomic E-state index is 11.7. The van der Waals surface area contributed by atoms with Gasteiger partial charge in [0, 0.05) is 30.5 Å². The first kappa shape index (κ1) is 30.5. The van der Waals surface area contributed by atoms with Crippen LogP contribution in [0.25, 0.3) is 0 Å². The first-order valence-corrected chi connectivity index (χ1v) is 14.4. The molecule has 1 aromatic rings. The maximum Gasteiger partial charge on any atom is 0.219 e. The summed E-state index contributed by atoms with van der Waals surface area (Å²) in [6.45, 7) is 5.85. The van der Waals surface area contributed by atoms with Gasteiger partial charge in [-0.15, -0.1) is 11.8 Å². The van der Waals surface area contributed by atoms with Crippen molar-refractivity contribution in [3.63, 3.8) is 0 Å². The first-order valence-electron chi connectivity index (χ1n) is 13.4. The number of carbonyl (C=O) groups is 3. The van der Waals surface area contributed by atoms with Gasteiger partial charge in [-0.3, -0.25) is 14.5 Å². The van der Waals surface area contributed by atoms with Gasteiger partial charge in [-0.1, -0.05) is 31.4 Å². The van der Waals surface area contributed by atoms with Crippen LogP contribution in [-0.4, -0.2) is 93.6 Å². The molecule has 0 aromatic heterocycles. The molecule has 2 rings (SSSR count). The summed E-state index contributed by atoms with van der Waals surface area (Å²) in [7, 11) is 5.83. The lowest BCUT2D eigenvalue weighted by molar-refractivity contribution is -0.917. The molecular formula is C28H46N3O4S+. The molecular weight excluding hydrogens is 474 g/mol. The third-order valence-corrected chi connectivity index (χ3v) is 8.46. The quantitative estimate of drug-likeness (QED) is 0.137. The van der Waals surface area contributed by atoms with Gasteiger partial charge in [0.05, 0.1) is 32.8 Å². The van der Waals surface area contributed by atoms with Crippen molar-refractivity contribution in [3.8, 4) is 0 Å². The van der Waals surface area contributed by atoms with E-state index >= 15 is 0 Å². The van der Waals surface area contributed by atoms with Crippen LogP contribution in [0.2, 0.25) is 0 Å². The van der Waals surface area contributed by atoms with Crippen LogP contribution in [0, 0.1) is 0 Å². The van der Waals surface area contributed by atoms with Crippen LogP contribution >= 0.6 is 11.8 Å². The van der Waals surface area contributed by atoms with Gasteiger partial charge >= 0.3 is 0 Å². The smallest absolute Gasteiger partial charge is 0.219 e. The van der Waals surface area contributed by atoms with Crippen molar-refractivity contribution >= 4 is 30.2 Å². The molecule has 1 atom stereocenters. The molecule has 36 heavy (non-hydrogen) atoms. The van der Waals surface area contributed by atoms with Crippen LogP contribution in [0.1, 0.15) is 67.3 Å². The number of carbonyl (C=O) groups excluding carboxylic acids is 3. The molecule has 1 amide bonds. The largest absolute Gasteiger partial charge is 0.370 e. The number of nitrogens with one attached hydrogen (secondary N) is 1. The maximum atomic E-state index is 11.7. The van der Waals surface area contributed by atoms with Crippen molar-refractivity contribution in [2.24, 2.45) is 0 Å². The average molecular weight is 521 g/mol. The number of thioether (sulfide) groups is 1. The number of unbranched alkanes of at least 4 members (excludes halogenated alkanes) is 5. The fourth-order valence-corrected chi connectivity index (χ4v) is 5.75. The normalized spacial score (nSPS) is 16.0. The van der Waals surface area contributed by atoms with Crippen LogP contribution in [0.4, 0.5) is 0 Å². The number of hydrogen-bond acceptors (Lipinski definition) is 6. The van der Waals surface area contributed by atoms with E-state index in [1.807, 2.05) is 24.1 Å². The standard InChI is InChI=1S/C28H45N3O4S/c1-29-28(34)14-13-25(23-33)30(2)21-26-24(22-32)11-10-12-27(26)36-20-9-7-5-4-6-8-15-31(3)16-18-35-19-17-31/h10-12,22-23,25H,4-9,13-21H2,1-3H3/p+1. The summed E-state index contributed by atoms with van der Waals surface area (Å²) in [5.74, 6) is 0.939. The predicted molar refractivity (Wildman–Crippen MR) is 146 cm³/mol. The van der Waals surface area contributed by atoms with E-state index in [1.54, 1.807) is 18.8 Å². The Morgan fingerprint density at radius 1 is 1.14 bits per heavy atom. The summed E-state index contributed by atoms with van der Waals surface area (Å²) in [4.78, 5) is 38.0. The Morgan fingerprint density at radius 3 is 2.50 bits per heavy atom. The Balaban J connectivity index is 1.74. The number of morpholine rings is 1. The van der Waals surface area contributed by atoms with E-state index in [9.17, 15) is 14.4 Å². The Hall–Kier alpha value is -1.74. The van der Waals surface area contributed by atoms with Gasteiger partial charge < -0.3 is 19.3 Å². The summed E-state index contributed by atoms with van der Waals surface area (Å²) >= 11 is 1.79. The number of quaternary nitrogens is 1. The molecule has 0 radical (unpaired) electrons. The second-order valence-corrected chi connectivity index (χ2v) is 11.3. The fraction of sp³-hybridized carbons (Fsp3) is 0.679. The molecule has 8 heteroatoms. The molecule has 1 aliphatic heterocycles. The third kappa shape index (κ3) is 10.7. The highest BCUT2D eigenvalue weighted by Crippen LogP contribution is 2.28. The van der Waals surface area contributed by atoms with Crippen LogP contribution in [0.15, 0.2) is 23.1 Å². The van der Waals surface area contributed by atoms with Gasteiger partial charge in [0.2, 0.25) is 5.91 Å². The molecule has 1 unspecified atom stereocenters. The van der Waals surface area contributed by atoms with Crippen molar-refractivity contribution in [1.29, 1.82) is 0 Å². The average Bonchev–Trinajstić information content (AvgIpc) is 2.88. The highest BCUT2D eigenvalue weighted by molar-refractivity contribution is 7.99. The molecule has 1 aromatic carbocycles. The lowest BCUT2D eigenvalue weighted by Gasteiger charge is -2.37. The summed E-state index contributed by atoms with van der Waals surface area (Å²) in [6, 6.07) is 5.46. The van der Waals surface area contributed by atoms with Crippen LogP contribution in [0.3, 0.4) is 0 Å². The Morgan fingerprint density at radius 2 is 1.83 bits per heavy atom. The van der Waals surface area contributed by atoms with Gasteiger partial charge in [0.1, 0.15) is 25.7 Å².